The molecule has 0 spiro atoms. The Labute approximate surface area is 194 Å². The molecule has 1 aliphatic rings. The number of halogens is 2. The molecule has 4 N–H and O–H groups in total. The molecule has 2 aromatic carbocycles. The van der Waals surface area contributed by atoms with Gasteiger partial charge in [0.05, 0.1) is 0 Å². The SMILES string of the molecule is NC(=O)c1cc(N2CCCCC2C(N)=O)nc(-c2ccc(Oc3ccc(Cl)cc3F)cc2)n1. The summed E-state index contributed by atoms with van der Waals surface area (Å²) in [5.41, 5.74) is 11.7. The lowest BCUT2D eigenvalue weighted by molar-refractivity contribution is -0.119. The molecule has 1 fully saturated rings. The summed E-state index contributed by atoms with van der Waals surface area (Å²) >= 11 is 5.77. The van der Waals surface area contributed by atoms with E-state index in [4.69, 9.17) is 27.8 Å². The molecule has 33 heavy (non-hydrogen) atoms. The van der Waals surface area contributed by atoms with E-state index in [9.17, 15) is 14.0 Å². The van der Waals surface area contributed by atoms with Crippen LogP contribution < -0.4 is 21.1 Å². The van der Waals surface area contributed by atoms with Crippen LogP contribution in [0.15, 0.2) is 48.5 Å². The van der Waals surface area contributed by atoms with Crippen molar-refractivity contribution in [1.82, 2.24) is 9.97 Å². The Morgan fingerprint density at radius 2 is 1.82 bits per heavy atom. The molecule has 2 amide bonds. The van der Waals surface area contributed by atoms with Gasteiger partial charge < -0.3 is 21.1 Å². The first-order valence-corrected chi connectivity index (χ1v) is 10.7. The second-order valence-electron chi connectivity index (χ2n) is 7.61. The number of carbonyl (C=O) groups is 2. The Morgan fingerprint density at radius 1 is 1.06 bits per heavy atom. The number of aromatic nitrogens is 2. The van der Waals surface area contributed by atoms with Crippen molar-refractivity contribution in [3.8, 4) is 22.9 Å². The predicted molar refractivity (Wildman–Crippen MR) is 122 cm³/mol. The lowest BCUT2D eigenvalue weighted by atomic mass is 10.0. The minimum atomic E-state index is -0.717. The van der Waals surface area contributed by atoms with E-state index in [1.807, 2.05) is 0 Å². The average Bonchev–Trinajstić information content (AvgIpc) is 2.81. The number of hydrogen-bond acceptors (Lipinski definition) is 6. The smallest absolute Gasteiger partial charge is 0.267 e. The van der Waals surface area contributed by atoms with E-state index in [0.29, 0.717) is 30.1 Å². The van der Waals surface area contributed by atoms with E-state index < -0.39 is 23.7 Å². The van der Waals surface area contributed by atoms with Crippen LogP contribution in [0.3, 0.4) is 0 Å². The standard InChI is InChI=1S/C23H21ClFN5O3/c24-14-6-9-19(16(25)11-14)33-15-7-4-13(5-8-15)23-28-17(21(26)31)12-20(29-23)30-10-2-1-3-18(30)22(27)32/h4-9,11-12,18H,1-3,10H2,(H2,26,31)(H2,27,32). The Morgan fingerprint density at radius 3 is 2.48 bits per heavy atom. The quantitative estimate of drug-likeness (QED) is 0.567. The summed E-state index contributed by atoms with van der Waals surface area (Å²) in [6, 6.07) is 11.7. The molecule has 1 atom stereocenters. The van der Waals surface area contributed by atoms with Crippen molar-refractivity contribution in [3.63, 3.8) is 0 Å². The summed E-state index contributed by atoms with van der Waals surface area (Å²) in [6.45, 7) is 0.571. The zero-order valence-electron chi connectivity index (χ0n) is 17.5. The maximum Gasteiger partial charge on any atom is 0.267 e. The van der Waals surface area contributed by atoms with Crippen LogP contribution in [-0.2, 0) is 4.79 Å². The largest absolute Gasteiger partial charge is 0.454 e. The second-order valence-corrected chi connectivity index (χ2v) is 8.04. The molecular formula is C23H21ClFN5O3. The number of ether oxygens (including phenoxy) is 1. The third-order valence-electron chi connectivity index (χ3n) is 5.32. The van der Waals surface area contributed by atoms with Crippen molar-refractivity contribution in [1.29, 1.82) is 0 Å². The second kappa shape index (κ2) is 9.41. The Kier molecular flexibility index (Phi) is 6.41. The van der Waals surface area contributed by atoms with Gasteiger partial charge in [-0.2, -0.15) is 0 Å². The number of rotatable bonds is 6. The molecule has 1 aliphatic heterocycles. The number of nitrogens with zero attached hydrogens (tertiary/aromatic N) is 3. The molecule has 0 saturated carbocycles. The number of nitrogens with two attached hydrogens (primary N) is 2. The zero-order chi connectivity index (χ0) is 23.5. The highest BCUT2D eigenvalue weighted by molar-refractivity contribution is 6.30. The van der Waals surface area contributed by atoms with Crippen molar-refractivity contribution in [2.75, 3.05) is 11.4 Å². The van der Waals surface area contributed by atoms with Crippen molar-refractivity contribution in [3.05, 3.63) is 65.1 Å². The number of hydrogen-bond donors (Lipinski definition) is 2. The van der Waals surface area contributed by atoms with E-state index in [1.165, 1.54) is 18.2 Å². The molecule has 0 radical (unpaired) electrons. The van der Waals surface area contributed by atoms with Crippen LogP contribution in [0.4, 0.5) is 10.2 Å². The minimum absolute atomic E-state index is 0.0207. The van der Waals surface area contributed by atoms with Crippen LogP contribution in [0.25, 0.3) is 11.4 Å². The van der Waals surface area contributed by atoms with Gasteiger partial charge in [-0.15, -0.1) is 0 Å². The van der Waals surface area contributed by atoms with Crippen molar-refractivity contribution >= 4 is 29.2 Å². The Balaban J connectivity index is 1.65. The number of primary amides is 2. The normalized spacial score (nSPS) is 15.8. The van der Waals surface area contributed by atoms with E-state index in [2.05, 4.69) is 9.97 Å². The van der Waals surface area contributed by atoms with Gasteiger partial charge in [0.25, 0.3) is 5.91 Å². The van der Waals surface area contributed by atoms with Gasteiger partial charge in [0.1, 0.15) is 23.3 Å². The van der Waals surface area contributed by atoms with Crippen LogP contribution in [0.5, 0.6) is 11.5 Å². The van der Waals surface area contributed by atoms with Crippen LogP contribution in [0.2, 0.25) is 5.02 Å². The van der Waals surface area contributed by atoms with Crippen LogP contribution in [0.1, 0.15) is 29.8 Å². The molecule has 1 aromatic heterocycles. The Hall–Kier alpha value is -3.72. The lowest BCUT2D eigenvalue weighted by Crippen LogP contribution is -2.48. The van der Waals surface area contributed by atoms with Gasteiger partial charge >= 0.3 is 0 Å². The third kappa shape index (κ3) is 5.04. The Bertz CT molecular complexity index is 1210. The molecule has 10 heteroatoms. The molecule has 0 bridgehead atoms. The number of piperidine rings is 1. The van der Waals surface area contributed by atoms with Gasteiger partial charge in [0.2, 0.25) is 5.91 Å². The summed E-state index contributed by atoms with van der Waals surface area (Å²) in [4.78, 5) is 34.5. The predicted octanol–water partition coefficient (Wildman–Crippen LogP) is 3.67. The van der Waals surface area contributed by atoms with Gasteiger partial charge in [-0.25, -0.2) is 14.4 Å². The first kappa shape index (κ1) is 22.5. The van der Waals surface area contributed by atoms with Crippen LogP contribution >= 0.6 is 11.6 Å². The highest BCUT2D eigenvalue weighted by atomic mass is 35.5. The molecule has 1 saturated heterocycles. The van der Waals surface area contributed by atoms with Gasteiger partial charge in [0, 0.05) is 23.2 Å². The van der Waals surface area contributed by atoms with E-state index in [-0.39, 0.29) is 22.3 Å². The fourth-order valence-electron chi connectivity index (χ4n) is 3.70. The molecule has 8 nitrogen and oxygen atoms in total. The van der Waals surface area contributed by atoms with Crippen molar-refractivity contribution in [2.45, 2.75) is 25.3 Å². The molecule has 2 heterocycles. The van der Waals surface area contributed by atoms with Gasteiger partial charge in [0.15, 0.2) is 17.4 Å². The number of carbonyl (C=O) groups excluding carboxylic acids is 2. The van der Waals surface area contributed by atoms with Crippen LogP contribution in [0, 0.1) is 5.82 Å². The van der Waals surface area contributed by atoms with E-state index in [0.717, 1.165) is 18.9 Å². The molecule has 4 rings (SSSR count). The fourth-order valence-corrected chi connectivity index (χ4v) is 3.85. The summed E-state index contributed by atoms with van der Waals surface area (Å²) < 4.78 is 19.6. The average molecular weight is 470 g/mol. The van der Waals surface area contributed by atoms with Gasteiger partial charge in [-0.3, -0.25) is 9.59 Å². The molecule has 170 valence electrons. The van der Waals surface area contributed by atoms with Crippen molar-refractivity contribution in [2.24, 2.45) is 11.5 Å². The topological polar surface area (TPSA) is 124 Å². The van der Waals surface area contributed by atoms with Gasteiger partial charge in [-0.1, -0.05) is 11.6 Å². The zero-order valence-corrected chi connectivity index (χ0v) is 18.3. The summed E-state index contributed by atoms with van der Waals surface area (Å²) in [7, 11) is 0. The molecule has 1 unspecified atom stereocenters. The van der Waals surface area contributed by atoms with E-state index in [1.54, 1.807) is 29.2 Å². The first-order valence-electron chi connectivity index (χ1n) is 10.3. The highest BCUT2D eigenvalue weighted by Crippen LogP contribution is 2.30. The molecular weight excluding hydrogens is 449 g/mol. The third-order valence-corrected chi connectivity index (χ3v) is 5.56. The highest BCUT2D eigenvalue weighted by Gasteiger charge is 2.29. The number of amides is 2. The van der Waals surface area contributed by atoms with Crippen LogP contribution in [-0.4, -0.2) is 34.4 Å². The lowest BCUT2D eigenvalue weighted by Gasteiger charge is -2.34. The summed E-state index contributed by atoms with van der Waals surface area (Å²) in [6.07, 6.45) is 2.34. The number of anilines is 1. The van der Waals surface area contributed by atoms with Crippen molar-refractivity contribution < 1.29 is 18.7 Å². The fraction of sp³-hybridized carbons (Fsp3) is 0.217. The molecule has 0 aliphatic carbocycles. The first-order chi connectivity index (χ1) is 15.8. The monoisotopic (exact) mass is 469 g/mol. The maximum atomic E-state index is 14.0. The summed E-state index contributed by atoms with van der Waals surface area (Å²) in [5, 5.41) is 0.268. The number of benzene rings is 2. The molecule has 3 aromatic rings. The van der Waals surface area contributed by atoms with Gasteiger partial charge in [-0.05, 0) is 61.7 Å². The minimum Gasteiger partial charge on any atom is -0.454 e. The van der Waals surface area contributed by atoms with E-state index >= 15 is 0 Å². The summed E-state index contributed by atoms with van der Waals surface area (Å²) in [5.74, 6) is -0.684. The maximum absolute atomic E-state index is 14.0.